The summed E-state index contributed by atoms with van der Waals surface area (Å²) in [5.74, 6) is -0.482. The number of rotatable bonds is 6. The Morgan fingerprint density at radius 2 is 0.953 bits per heavy atom. The molecule has 0 saturated carbocycles. The molecule has 0 spiro atoms. The van der Waals surface area contributed by atoms with Crippen molar-refractivity contribution in [3.05, 3.63) is 12.2 Å². The van der Waals surface area contributed by atoms with Crippen molar-refractivity contribution in [2.24, 2.45) is 0 Å². The fourth-order valence-corrected chi connectivity index (χ4v) is 51.2. The van der Waals surface area contributed by atoms with Gasteiger partial charge in [-0.1, -0.05) is 13.5 Å². The number of ether oxygens (including phenoxy) is 1. The maximum absolute atomic E-state index is 11.9. The van der Waals surface area contributed by atoms with Gasteiger partial charge >= 0.3 is 82.6 Å². The van der Waals surface area contributed by atoms with E-state index in [1.807, 2.05) is 0 Å². The molecule has 6 fully saturated rings. The Morgan fingerprint density at radius 1 is 0.651 bits per heavy atom. The van der Waals surface area contributed by atoms with Gasteiger partial charge in [0.05, 0.1) is 6.61 Å². The molecule has 0 aromatic heterocycles. The van der Waals surface area contributed by atoms with E-state index in [1.165, 1.54) is 6.92 Å². The standard InChI is InChI=1S/C14H32O14Si8.C4H7F3/c1-13(2)14(15)16-11-10-12-36-26-33(7)20-30(4)17-29(3)18-31(5,22-33)24-35(9,28-36)25-32(6,19-29)23-34(8,21-30)27-36;1-2-3-4(5,6)7/h1,10-12H2,2-9H3;2-3H2,1H3. The molecule has 0 amide bonds. The second-order valence-electron chi connectivity index (χ2n) is 11.3. The molecule has 0 aromatic carbocycles. The molecule has 0 atom stereocenters. The van der Waals surface area contributed by atoms with Crippen molar-refractivity contribution in [3.8, 4) is 0 Å². The second-order valence-corrected chi connectivity index (χ2v) is 35.1. The molecule has 0 aromatic rings. The Bertz CT molecular complexity index is 1010. The van der Waals surface area contributed by atoms with Crippen molar-refractivity contribution in [3.63, 3.8) is 0 Å². The summed E-state index contributed by atoms with van der Waals surface area (Å²) in [6, 6.07) is 0.236. The molecule has 43 heavy (non-hydrogen) atoms. The highest BCUT2D eigenvalue weighted by Gasteiger charge is 2.78. The van der Waals surface area contributed by atoms with Crippen LogP contribution < -0.4 is 0 Å². The van der Waals surface area contributed by atoms with Gasteiger partial charge in [0.25, 0.3) is 0 Å². The molecule has 14 nitrogen and oxygen atoms in total. The van der Waals surface area contributed by atoms with Gasteiger partial charge in [-0.05, 0) is 19.8 Å². The zero-order valence-electron chi connectivity index (χ0n) is 25.6. The molecule has 6 aliphatic heterocycles. The molecule has 25 heteroatoms. The van der Waals surface area contributed by atoms with Crippen LogP contribution in [0.1, 0.15) is 33.1 Å². The molecule has 6 heterocycles. The molecule has 6 rings (SSSR count). The van der Waals surface area contributed by atoms with E-state index < -0.39 is 89.0 Å². The van der Waals surface area contributed by atoms with Crippen LogP contribution in [0.25, 0.3) is 0 Å². The van der Waals surface area contributed by atoms with Crippen LogP contribution in [-0.4, -0.2) is 89.2 Å². The minimum absolute atomic E-state index is 0.0984. The van der Waals surface area contributed by atoms with Crippen LogP contribution in [0.2, 0.25) is 51.9 Å². The first-order chi connectivity index (χ1) is 19.4. The molecule has 6 saturated heterocycles. The number of alkyl halides is 3. The van der Waals surface area contributed by atoms with Crippen molar-refractivity contribution in [2.75, 3.05) is 6.61 Å². The predicted octanol–water partition coefficient (Wildman–Crippen LogP) is 4.03. The minimum Gasteiger partial charge on any atom is -0.462 e. The molecule has 248 valence electrons. The second kappa shape index (κ2) is 11.7. The highest BCUT2D eigenvalue weighted by molar-refractivity contribution is 7.02. The molecule has 8 bridgehead atoms. The van der Waals surface area contributed by atoms with E-state index in [1.54, 1.807) is 52.8 Å². The quantitative estimate of drug-likeness (QED) is 0.167. The first kappa shape index (κ1) is 36.1. The fourth-order valence-electron chi connectivity index (χ4n) is 5.39. The van der Waals surface area contributed by atoms with Crippen molar-refractivity contribution in [2.45, 2.75) is 91.2 Å². The van der Waals surface area contributed by atoms with E-state index >= 15 is 0 Å². The van der Waals surface area contributed by atoms with E-state index in [2.05, 4.69) is 6.58 Å². The summed E-state index contributed by atoms with van der Waals surface area (Å²) in [5, 5.41) is 0. The summed E-state index contributed by atoms with van der Waals surface area (Å²) in [7, 11) is -28.7. The number of esters is 1. The summed E-state index contributed by atoms with van der Waals surface area (Å²) in [6.45, 7) is 18.8. The summed E-state index contributed by atoms with van der Waals surface area (Å²) in [6.07, 6.45) is -4.07. The van der Waals surface area contributed by atoms with Crippen LogP contribution in [0, 0.1) is 0 Å². The molecule has 0 radical (unpaired) electrons. The zero-order valence-corrected chi connectivity index (χ0v) is 33.6. The van der Waals surface area contributed by atoms with Gasteiger partial charge in [0.15, 0.2) is 0 Å². The van der Waals surface area contributed by atoms with Crippen molar-refractivity contribution >= 4 is 76.4 Å². The van der Waals surface area contributed by atoms with Gasteiger partial charge in [-0.2, -0.15) is 13.2 Å². The number of carbonyl (C=O) groups excluding carboxylic acids is 1. The van der Waals surface area contributed by atoms with Crippen molar-refractivity contribution in [1.29, 1.82) is 0 Å². The summed E-state index contributed by atoms with van der Waals surface area (Å²) < 4.78 is 117. The highest BCUT2D eigenvalue weighted by atomic mass is 28.6. The van der Waals surface area contributed by atoms with E-state index in [9.17, 15) is 18.0 Å². The summed E-state index contributed by atoms with van der Waals surface area (Å²) in [5.41, 5.74) is 0.308. The van der Waals surface area contributed by atoms with Crippen LogP contribution >= 0.6 is 0 Å². The molecule has 0 N–H and O–H groups in total. The first-order valence-electron chi connectivity index (χ1n) is 13.7. The average molecular weight is 761 g/mol. The molecule has 0 aliphatic carbocycles. The monoisotopic (exact) mass is 760 g/mol. The Kier molecular flexibility index (Phi) is 9.86. The van der Waals surface area contributed by atoms with Gasteiger partial charge in [0.2, 0.25) is 0 Å². The number of hydrogen-bond donors (Lipinski definition) is 0. The minimum atomic E-state index is -3.95. The average Bonchev–Trinajstić information content (AvgIpc) is 2.68. The first-order valence-corrected chi connectivity index (χ1v) is 31.2. The number of carbonyl (C=O) groups is 1. The lowest BCUT2D eigenvalue weighted by Gasteiger charge is -2.60. The third-order valence-corrected chi connectivity index (χ3v) is 41.9. The Hall–Kier alpha value is 0.255. The van der Waals surface area contributed by atoms with Gasteiger partial charge < -0.3 is 54.1 Å². The third kappa shape index (κ3) is 8.79. The Morgan fingerprint density at radius 3 is 1.19 bits per heavy atom. The molecule has 0 unspecified atom stereocenters. The zero-order chi connectivity index (χ0) is 32.4. The van der Waals surface area contributed by atoms with Gasteiger partial charge in [-0.25, -0.2) is 4.79 Å². The maximum atomic E-state index is 11.9. The van der Waals surface area contributed by atoms with Gasteiger partial charge in [0, 0.05) is 63.9 Å². The maximum Gasteiger partial charge on any atom is 0.478 e. The summed E-state index contributed by atoms with van der Waals surface area (Å²) in [4.78, 5) is 11.9. The van der Waals surface area contributed by atoms with Crippen LogP contribution in [0.4, 0.5) is 13.2 Å². The predicted molar refractivity (Wildman–Crippen MR) is 156 cm³/mol. The van der Waals surface area contributed by atoms with E-state index in [0.717, 1.165) is 0 Å². The Balaban J connectivity index is 0.000000541. The molecule has 6 aliphatic rings. The highest BCUT2D eigenvalue weighted by Crippen LogP contribution is 2.48. The number of halogens is 3. The number of hydrogen-bond acceptors (Lipinski definition) is 14. The molecular weight excluding hydrogens is 722 g/mol. The smallest absolute Gasteiger partial charge is 0.462 e. The van der Waals surface area contributed by atoms with E-state index in [-0.39, 0.29) is 19.1 Å². The van der Waals surface area contributed by atoms with E-state index in [4.69, 9.17) is 54.1 Å². The lowest BCUT2D eigenvalue weighted by Crippen LogP contribution is -2.86. The molecular formula is C18H39F3O14Si8. The topological polar surface area (TPSA) is 137 Å². The SMILES string of the molecule is C=C(C)C(=O)OCCC[Si]12O[Si]3(C)O[Si]4(C)O[Si]5(C)O[Si](C)(O3)O[Si](C)(O[Si](C)(O5)O[Si](C)(O4)O1)O2.CCCC(F)(F)F. The van der Waals surface area contributed by atoms with Crippen LogP contribution in [0.15, 0.2) is 12.2 Å². The lowest BCUT2D eigenvalue weighted by atomic mass is 10.3. The lowest BCUT2D eigenvalue weighted by molar-refractivity contribution is -0.139. The van der Waals surface area contributed by atoms with Crippen LogP contribution in [0.3, 0.4) is 0 Å². The van der Waals surface area contributed by atoms with Gasteiger partial charge in [-0.3, -0.25) is 0 Å². The van der Waals surface area contributed by atoms with Gasteiger partial charge in [0.1, 0.15) is 0 Å². The van der Waals surface area contributed by atoms with E-state index in [0.29, 0.717) is 12.0 Å². The normalized spacial score (nSPS) is 46.9. The van der Waals surface area contributed by atoms with Crippen molar-refractivity contribution in [1.82, 2.24) is 0 Å². The third-order valence-electron chi connectivity index (χ3n) is 6.10. The van der Waals surface area contributed by atoms with Gasteiger partial charge in [-0.15, -0.1) is 0 Å². The summed E-state index contributed by atoms with van der Waals surface area (Å²) >= 11 is 0. The van der Waals surface area contributed by atoms with Crippen LogP contribution in [0.5, 0.6) is 0 Å². The van der Waals surface area contributed by atoms with Crippen LogP contribution in [-0.2, 0) is 58.9 Å². The van der Waals surface area contributed by atoms with Crippen molar-refractivity contribution < 1.29 is 72.1 Å². The Labute approximate surface area is 257 Å². The largest absolute Gasteiger partial charge is 0.478 e. The fraction of sp³-hybridized carbons (Fsp3) is 0.833.